The summed E-state index contributed by atoms with van der Waals surface area (Å²) < 4.78 is 0. The summed E-state index contributed by atoms with van der Waals surface area (Å²) in [5, 5.41) is 0. The Labute approximate surface area is 247 Å². The Balaban J connectivity index is 1.99. The lowest BCUT2D eigenvalue weighted by Gasteiger charge is -2.25. The maximum absolute atomic E-state index is 2.67. The van der Waals surface area contributed by atoms with Gasteiger partial charge in [-0.1, -0.05) is 199 Å². The molecule has 0 aliphatic carbocycles. The summed E-state index contributed by atoms with van der Waals surface area (Å²) in [5.74, 6) is 0. The van der Waals surface area contributed by atoms with Gasteiger partial charge in [0.1, 0.15) is 0 Å². The molecular formula is C38H71N. The van der Waals surface area contributed by atoms with E-state index in [1.54, 1.807) is 0 Å². The van der Waals surface area contributed by atoms with Gasteiger partial charge in [-0.2, -0.15) is 0 Å². The number of hydrogen-bond acceptors (Lipinski definition) is 1. The Hall–Kier alpha value is -0.980. The molecule has 1 aromatic carbocycles. The van der Waals surface area contributed by atoms with Crippen molar-refractivity contribution >= 4 is 5.69 Å². The van der Waals surface area contributed by atoms with Crippen LogP contribution in [0.5, 0.6) is 0 Å². The van der Waals surface area contributed by atoms with E-state index in [0.717, 1.165) is 0 Å². The molecule has 0 unspecified atom stereocenters. The van der Waals surface area contributed by atoms with Crippen molar-refractivity contribution in [2.24, 2.45) is 0 Å². The van der Waals surface area contributed by atoms with E-state index in [4.69, 9.17) is 0 Å². The molecule has 228 valence electrons. The van der Waals surface area contributed by atoms with Crippen LogP contribution in [0.4, 0.5) is 5.69 Å². The highest BCUT2D eigenvalue weighted by Crippen LogP contribution is 2.18. The molecule has 0 bridgehead atoms. The van der Waals surface area contributed by atoms with Crippen LogP contribution >= 0.6 is 0 Å². The third-order valence-electron chi connectivity index (χ3n) is 8.68. The number of para-hydroxylation sites is 1. The van der Waals surface area contributed by atoms with Crippen molar-refractivity contribution in [2.75, 3.05) is 18.0 Å². The van der Waals surface area contributed by atoms with Gasteiger partial charge in [-0.15, -0.1) is 0 Å². The Morgan fingerprint density at radius 2 is 0.590 bits per heavy atom. The van der Waals surface area contributed by atoms with Gasteiger partial charge in [0.25, 0.3) is 0 Å². The van der Waals surface area contributed by atoms with Crippen LogP contribution in [0.1, 0.15) is 194 Å². The molecule has 0 heterocycles. The van der Waals surface area contributed by atoms with Crippen LogP contribution in [-0.4, -0.2) is 13.1 Å². The van der Waals surface area contributed by atoms with Gasteiger partial charge in [-0.05, 0) is 25.0 Å². The lowest BCUT2D eigenvalue weighted by molar-refractivity contribution is 0.529. The van der Waals surface area contributed by atoms with E-state index in [1.807, 2.05) is 0 Å². The minimum Gasteiger partial charge on any atom is -0.372 e. The SMILES string of the molecule is CCCCCCCCCCCCCCCCN(CCCCCCCCCCCCCCCC)c1ccccc1. The molecule has 0 aliphatic heterocycles. The van der Waals surface area contributed by atoms with Gasteiger partial charge < -0.3 is 4.90 Å². The third kappa shape index (κ3) is 24.5. The predicted molar refractivity (Wildman–Crippen MR) is 179 cm³/mol. The Bertz CT molecular complexity index is 535. The number of hydrogen-bond donors (Lipinski definition) is 0. The first-order valence-electron chi connectivity index (χ1n) is 18.2. The molecule has 0 saturated heterocycles. The van der Waals surface area contributed by atoms with Gasteiger partial charge in [-0.25, -0.2) is 0 Å². The summed E-state index contributed by atoms with van der Waals surface area (Å²) in [6.45, 7) is 7.09. The van der Waals surface area contributed by atoms with Crippen LogP contribution in [0.3, 0.4) is 0 Å². The molecule has 0 spiro atoms. The first-order chi connectivity index (χ1) is 19.4. The van der Waals surface area contributed by atoms with Crippen LogP contribution < -0.4 is 4.90 Å². The quantitative estimate of drug-likeness (QED) is 0.0845. The summed E-state index contributed by atoms with van der Waals surface area (Å²) in [5.41, 5.74) is 1.43. The molecule has 0 saturated carbocycles. The molecule has 0 aromatic heterocycles. The van der Waals surface area contributed by atoms with E-state index < -0.39 is 0 Å². The summed E-state index contributed by atoms with van der Waals surface area (Å²) in [6.07, 6.45) is 40.3. The van der Waals surface area contributed by atoms with Gasteiger partial charge in [0.15, 0.2) is 0 Å². The van der Waals surface area contributed by atoms with E-state index >= 15 is 0 Å². The molecule has 0 N–H and O–H groups in total. The number of unbranched alkanes of at least 4 members (excludes halogenated alkanes) is 26. The van der Waals surface area contributed by atoms with Gasteiger partial charge in [-0.3, -0.25) is 0 Å². The lowest BCUT2D eigenvalue weighted by atomic mass is 10.0. The molecule has 0 amide bonds. The monoisotopic (exact) mass is 542 g/mol. The van der Waals surface area contributed by atoms with E-state index in [0.29, 0.717) is 0 Å². The average molecular weight is 542 g/mol. The lowest BCUT2D eigenvalue weighted by Crippen LogP contribution is -2.25. The second-order valence-electron chi connectivity index (χ2n) is 12.5. The van der Waals surface area contributed by atoms with Gasteiger partial charge in [0.05, 0.1) is 0 Å². The van der Waals surface area contributed by atoms with Crippen molar-refractivity contribution in [3.63, 3.8) is 0 Å². The van der Waals surface area contributed by atoms with E-state index in [1.165, 1.54) is 199 Å². The minimum atomic E-state index is 1.24. The largest absolute Gasteiger partial charge is 0.372 e. The number of rotatable bonds is 31. The van der Waals surface area contributed by atoms with Crippen LogP contribution in [-0.2, 0) is 0 Å². The van der Waals surface area contributed by atoms with E-state index in [-0.39, 0.29) is 0 Å². The molecular weight excluding hydrogens is 470 g/mol. The molecule has 0 radical (unpaired) electrons. The maximum atomic E-state index is 2.67. The molecule has 1 heteroatoms. The molecule has 1 rings (SSSR count). The second-order valence-corrected chi connectivity index (χ2v) is 12.5. The van der Waals surface area contributed by atoms with Crippen LogP contribution in [0.25, 0.3) is 0 Å². The first-order valence-corrected chi connectivity index (χ1v) is 18.2. The van der Waals surface area contributed by atoms with Crippen molar-refractivity contribution in [3.05, 3.63) is 30.3 Å². The summed E-state index contributed by atoms with van der Waals surface area (Å²) in [4.78, 5) is 2.67. The minimum absolute atomic E-state index is 1.24. The zero-order valence-corrected chi connectivity index (χ0v) is 27.0. The molecule has 0 fully saturated rings. The van der Waals surface area contributed by atoms with Crippen LogP contribution in [0.2, 0.25) is 0 Å². The van der Waals surface area contributed by atoms with Crippen molar-refractivity contribution in [3.8, 4) is 0 Å². The number of anilines is 1. The van der Waals surface area contributed by atoms with Gasteiger partial charge in [0.2, 0.25) is 0 Å². The Morgan fingerprint density at radius 1 is 0.333 bits per heavy atom. The highest BCUT2D eigenvalue weighted by atomic mass is 15.1. The van der Waals surface area contributed by atoms with Crippen molar-refractivity contribution in [1.29, 1.82) is 0 Å². The van der Waals surface area contributed by atoms with E-state index in [9.17, 15) is 0 Å². The molecule has 39 heavy (non-hydrogen) atoms. The van der Waals surface area contributed by atoms with Crippen LogP contribution in [0, 0.1) is 0 Å². The summed E-state index contributed by atoms with van der Waals surface area (Å²) >= 11 is 0. The second kappa shape index (κ2) is 30.0. The van der Waals surface area contributed by atoms with Crippen molar-refractivity contribution in [2.45, 2.75) is 194 Å². The maximum Gasteiger partial charge on any atom is 0.0366 e. The third-order valence-corrected chi connectivity index (χ3v) is 8.68. The molecule has 1 nitrogen and oxygen atoms in total. The van der Waals surface area contributed by atoms with Crippen molar-refractivity contribution in [1.82, 2.24) is 0 Å². The molecule has 0 aliphatic rings. The predicted octanol–water partition coefficient (Wildman–Crippen LogP) is 13.5. The normalized spacial score (nSPS) is 11.3. The van der Waals surface area contributed by atoms with Crippen molar-refractivity contribution < 1.29 is 0 Å². The fourth-order valence-electron chi connectivity index (χ4n) is 6.00. The molecule has 0 atom stereocenters. The fourth-order valence-corrected chi connectivity index (χ4v) is 6.00. The number of benzene rings is 1. The zero-order chi connectivity index (χ0) is 27.9. The smallest absolute Gasteiger partial charge is 0.0366 e. The zero-order valence-electron chi connectivity index (χ0n) is 27.0. The fraction of sp³-hybridized carbons (Fsp3) is 0.842. The molecule has 1 aromatic rings. The average Bonchev–Trinajstić information content (AvgIpc) is 2.96. The topological polar surface area (TPSA) is 3.24 Å². The summed E-state index contributed by atoms with van der Waals surface area (Å²) in [7, 11) is 0. The van der Waals surface area contributed by atoms with Crippen LogP contribution in [0.15, 0.2) is 30.3 Å². The highest BCUT2D eigenvalue weighted by Gasteiger charge is 2.06. The van der Waals surface area contributed by atoms with E-state index in [2.05, 4.69) is 49.1 Å². The number of nitrogens with zero attached hydrogens (tertiary/aromatic N) is 1. The van der Waals surface area contributed by atoms with Gasteiger partial charge in [0, 0.05) is 18.8 Å². The summed E-state index contributed by atoms with van der Waals surface area (Å²) in [6, 6.07) is 11.2. The first kappa shape index (κ1) is 36.0. The Kier molecular flexibility index (Phi) is 27.7. The standard InChI is InChI=1S/C38H71N/c1-3-5-7-9-11-13-15-17-19-21-23-25-27-32-36-39(38-34-30-29-31-35-38)37-33-28-26-24-22-20-18-16-14-12-10-8-6-4-2/h29-31,34-35H,3-28,32-33,36-37H2,1-2H3. The Morgan fingerprint density at radius 3 is 0.872 bits per heavy atom. The van der Waals surface area contributed by atoms with Gasteiger partial charge >= 0.3 is 0 Å². The highest BCUT2D eigenvalue weighted by molar-refractivity contribution is 5.45.